The van der Waals surface area contributed by atoms with Crippen molar-refractivity contribution in [2.45, 2.75) is 30.7 Å². The van der Waals surface area contributed by atoms with Crippen molar-refractivity contribution in [3.63, 3.8) is 0 Å². The molecule has 164 valence electrons. The number of sulfonamides is 1. The minimum Gasteiger partial charge on any atom is -0.359 e. The Morgan fingerprint density at radius 2 is 1.97 bits per heavy atom. The molecule has 3 heterocycles. The molecule has 1 amide bonds. The molecule has 3 aromatic rings. The smallest absolute Gasteiger partial charge is 0.263 e. The summed E-state index contributed by atoms with van der Waals surface area (Å²) in [5, 5.41) is 2.03. The van der Waals surface area contributed by atoms with Crippen molar-refractivity contribution in [2.24, 2.45) is 0 Å². The predicted octanol–water partition coefficient (Wildman–Crippen LogP) is 3.91. The van der Waals surface area contributed by atoms with Crippen molar-refractivity contribution in [1.82, 2.24) is 4.98 Å². The van der Waals surface area contributed by atoms with Crippen LogP contribution in [0.2, 0.25) is 0 Å². The first-order chi connectivity index (χ1) is 14.9. The van der Waals surface area contributed by atoms with Crippen LogP contribution in [0, 0.1) is 6.92 Å². The van der Waals surface area contributed by atoms with Crippen LogP contribution in [-0.2, 0) is 21.2 Å². The summed E-state index contributed by atoms with van der Waals surface area (Å²) >= 11 is 1.22. The summed E-state index contributed by atoms with van der Waals surface area (Å²) in [7, 11) is -3.71. The lowest BCUT2D eigenvalue weighted by Gasteiger charge is -2.27. The molecule has 1 atom stereocenters. The third kappa shape index (κ3) is 3.57. The number of para-hydroxylation sites is 1. The Bertz CT molecular complexity index is 1240. The van der Waals surface area contributed by atoms with E-state index in [1.165, 1.54) is 40.3 Å². The lowest BCUT2D eigenvalue weighted by Crippen LogP contribution is -2.41. The van der Waals surface area contributed by atoms with Crippen molar-refractivity contribution in [3.05, 3.63) is 65.2 Å². The van der Waals surface area contributed by atoms with Crippen LogP contribution < -0.4 is 14.5 Å². The van der Waals surface area contributed by atoms with Gasteiger partial charge in [-0.1, -0.05) is 18.2 Å². The van der Waals surface area contributed by atoms with Gasteiger partial charge in [-0.15, -0.1) is 11.3 Å². The third-order valence-corrected chi connectivity index (χ3v) is 8.07. The number of carbonyl (C=O) groups is 1. The molecule has 1 aromatic heterocycles. The Labute approximate surface area is 188 Å². The highest BCUT2D eigenvalue weighted by atomic mass is 32.2. The largest absolute Gasteiger partial charge is 0.359 e. The monoisotopic (exact) mass is 458 g/mol. The minimum absolute atomic E-state index is 0. The van der Waals surface area contributed by atoms with Crippen LogP contribution in [0.4, 0.5) is 16.5 Å². The summed E-state index contributed by atoms with van der Waals surface area (Å²) in [6, 6.07) is 12.6. The molecule has 5 rings (SSSR count). The summed E-state index contributed by atoms with van der Waals surface area (Å²) in [6.07, 6.45) is 3.25. The maximum absolute atomic E-state index is 13.3. The number of thiazole rings is 1. The van der Waals surface area contributed by atoms with E-state index in [1.54, 1.807) is 28.6 Å². The zero-order chi connectivity index (χ0) is 21.6. The minimum atomic E-state index is -3.71. The summed E-state index contributed by atoms with van der Waals surface area (Å²) in [4.78, 5) is 21.3. The van der Waals surface area contributed by atoms with Gasteiger partial charge in [0.1, 0.15) is 6.04 Å². The number of rotatable bonds is 5. The first kappa shape index (κ1) is 20.0. The van der Waals surface area contributed by atoms with Gasteiger partial charge in [0, 0.05) is 38.9 Å². The topological polar surface area (TPSA) is 82.6 Å². The quantitative estimate of drug-likeness (QED) is 0.627. The zero-order valence-corrected chi connectivity index (χ0v) is 18.6. The standard InChI is InChI=1S/C22H22N4O3S2.2H2/c1-15-3-2-4-16-9-12-26(20(15)16)19-10-13-25(21(19)27)17-5-7-18(8-6-17)31(28,29)24-22-23-11-14-30-22;;/h2-8,11,14,19H,9-10,12-13H2,1H3,(H,23,24);2*1H/t19-;;/m0../s1. The van der Waals surface area contributed by atoms with Crippen LogP contribution in [0.3, 0.4) is 0 Å². The average Bonchev–Trinajstić information content (AvgIpc) is 3.48. The summed E-state index contributed by atoms with van der Waals surface area (Å²) in [6.45, 7) is 3.56. The van der Waals surface area contributed by atoms with Crippen LogP contribution >= 0.6 is 11.3 Å². The van der Waals surface area contributed by atoms with Crippen LogP contribution in [0.15, 0.2) is 58.9 Å². The van der Waals surface area contributed by atoms with Gasteiger partial charge < -0.3 is 9.80 Å². The number of hydrogen-bond donors (Lipinski definition) is 1. The molecule has 1 N–H and O–H groups in total. The van der Waals surface area contributed by atoms with E-state index in [0.717, 1.165) is 19.4 Å². The molecule has 0 radical (unpaired) electrons. The van der Waals surface area contributed by atoms with E-state index in [9.17, 15) is 13.2 Å². The molecule has 9 heteroatoms. The highest BCUT2D eigenvalue weighted by molar-refractivity contribution is 7.93. The molecular weight excluding hydrogens is 432 g/mol. The number of anilines is 3. The first-order valence-electron chi connectivity index (χ1n) is 10.1. The zero-order valence-electron chi connectivity index (χ0n) is 17.0. The number of aromatic nitrogens is 1. The number of fused-ring (bicyclic) bond motifs is 1. The highest BCUT2D eigenvalue weighted by Gasteiger charge is 2.39. The summed E-state index contributed by atoms with van der Waals surface area (Å²) in [5.74, 6) is 0.0626. The summed E-state index contributed by atoms with van der Waals surface area (Å²) < 4.78 is 27.5. The molecule has 0 spiro atoms. The molecule has 0 unspecified atom stereocenters. The second-order valence-corrected chi connectivity index (χ2v) is 10.3. The second-order valence-electron chi connectivity index (χ2n) is 7.76. The van der Waals surface area contributed by atoms with Crippen molar-refractivity contribution in [1.29, 1.82) is 0 Å². The Hall–Kier alpha value is -2.91. The van der Waals surface area contributed by atoms with Gasteiger partial charge in [-0.25, -0.2) is 13.4 Å². The molecule has 0 bridgehead atoms. The normalized spacial score (nSPS) is 18.5. The maximum atomic E-state index is 13.3. The van der Waals surface area contributed by atoms with E-state index >= 15 is 0 Å². The van der Waals surface area contributed by atoms with Crippen molar-refractivity contribution in [2.75, 3.05) is 27.6 Å². The fourth-order valence-corrected chi connectivity index (χ4v) is 6.25. The van der Waals surface area contributed by atoms with Gasteiger partial charge in [-0.2, -0.15) is 0 Å². The predicted molar refractivity (Wildman–Crippen MR) is 127 cm³/mol. The molecule has 2 aliphatic rings. The fraction of sp³-hybridized carbons (Fsp3) is 0.273. The van der Waals surface area contributed by atoms with Crippen LogP contribution in [0.25, 0.3) is 0 Å². The molecule has 7 nitrogen and oxygen atoms in total. The molecular formula is C22H26N4O3S2. The molecule has 31 heavy (non-hydrogen) atoms. The van der Waals surface area contributed by atoms with Gasteiger partial charge in [0.2, 0.25) is 5.91 Å². The molecule has 0 saturated carbocycles. The van der Waals surface area contributed by atoms with Crippen LogP contribution in [0.1, 0.15) is 20.4 Å². The Morgan fingerprint density at radius 1 is 1.16 bits per heavy atom. The Balaban J connectivity index is 0.00000153. The van der Waals surface area contributed by atoms with Gasteiger partial charge in [-0.05, 0) is 55.2 Å². The molecule has 2 aromatic carbocycles. The van der Waals surface area contributed by atoms with E-state index < -0.39 is 10.0 Å². The van der Waals surface area contributed by atoms with Crippen LogP contribution in [0.5, 0.6) is 0 Å². The van der Waals surface area contributed by atoms with Gasteiger partial charge in [0.05, 0.1) is 4.90 Å². The number of nitrogens with zero attached hydrogens (tertiary/aromatic N) is 3. The highest BCUT2D eigenvalue weighted by Crippen LogP contribution is 2.36. The van der Waals surface area contributed by atoms with Gasteiger partial charge >= 0.3 is 0 Å². The number of aryl methyl sites for hydroxylation is 1. The Morgan fingerprint density at radius 3 is 2.71 bits per heavy atom. The summed E-state index contributed by atoms with van der Waals surface area (Å²) in [5.41, 5.74) is 4.40. The fourth-order valence-electron chi connectivity index (χ4n) is 4.46. The van der Waals surface area contributed by atoms with Crippen molar-refractivity contribution < 1.29 is 16.1 Å². The van der Waals surface area contributed by atoms with Gasteiger partial charge in [0.25, 0.3) is 10.0 Å². The number of amides is 1. The lowest BCUT2D eigenvalue weighted by molar-refractivity contribution is -0.118. The molecule has 1 fully saturated rings. The van der Waals surface area contributed by atoms with Gasteiger partial charge in [-0.3, -0.25) is 9.52 Å². The SMILES string of the molecule is Cc1cccc2c1N([C@H]1CCN(c3ccc(S(=O)(=O)Nc4nccs4)cc3)C1=O)CC2.[HH].[HH]. The molecule has 2 aliphatic heterocycles. The Kier molecular flexibility index (Phi) is 4.94. The van der Waals surface area contributed by atoms with Crippen molar-refractivity contribution in [3.8, 4) is 0 Å². The number of benzene rings is 2. The van der Waals surface area contributed by atoms with E-state index in [2.05, 4.69) is 39.7 Å². The van der Waals surface area contributed by atoms with E-state index in [4.69, 9.17) is 0 Å². The van der Waals surface area contributed by atoms with E-state index in [-0.39, 0.29) is 19.7 Å². The first-order valence-corrected chi connectivity index (χ1v) is 12.5. The lowest BCUT2D eigenvalue weighted by atomic mass is 10.1. The van der Waals surface area contributed by atoms with Gasteiger partial charge in [0.15, 0.2) is 5.13 Å². The maximum Gasteiger partial charge on any atom is 0.263 e. The van der Waals surface area contributed by atoms with E-state index in [1.807, 2.05) is 0 Å². The van der Waals surface area contributed by atoms with E-state index in [0.29, 0.717) is 17.4 Å². The number of carbonyl (C=O) groups excluding carboxylic acids is 1. The number of nitrogens with one attached hydrogen (secondary N) is 1. The number of hydrogen-bond acceptors (Lipinski definition) is 6. The third-order valence-electron chi connectivity index (χ3n) is 5.90. The molecule has 0 aliphatic carbocycles. The molecule has 1 saturated heterocycles. The van der Waals surface area contributed by atoms with Crippen molar-refractivity contribution >= 4 is 43.8 Å². The average molecular weight is 459 g/mol. The van der Waals surface area contributed by atoms with Crippen LogP contribution in [-0.4, -0.2) is 38.4 Å². The second kappa shape index (κ2) is 7.65.